The fourth-order valence-electron chi connectivity index (χ4n) is 1.43. The number of nitrogens with one attached hydrogen (secondary N) is 1. The Morgan fingerprint density at radius 2 is 1.94 bits per heavy atom. The van der Waals surface area contributed by atoms with Crippen LogP contribution in [0.4, 0.5) is 11.6 Å². The number of hydrogen-bond acceptors (Lipinski definition) is 4. The molecule has 88 valence electrons. The second kappa shape index (κ2) is 5.01. The highest BCUT2D eigenvalue weighted by Gasteiger charge is 2.03. The van der Waals surface area contributed by atoms with E-state index in [0.29, 0.717) is 12.4 Å². The molecule has 4 nitrogen and oxygen atoms in total. The normalized spacial score (nSPS) is 10.2. The number of aromatic nitrogens is 2. The Kier molecular flexibility index (Phi) is 3.44. The molecule has 0 unspecified atom stereocenters. The van der Waals surface area contributed by atoms with Crippen molar-refractivity contribution in [3.05, 3.63) is 46.7 Å². The minimum atomic E-state index is 0.499. The molecule has 1 aromatic carbocycles. The number of benzene rings is 1. The van der Waals surface area contributed by atoms with Crippen molar-refractivity contribution in [3.63, 3.8) is 0 Å². The molecule has 0 fully saturated rings. The molecule has 0 saturated heterocycles. The Morgan fingerprint density at radius 1 is 1.24 bits per heavy atom. The molecule has 0 aliphatic rings. The Morgan fingerprint density at radius 3 is 2.65 bits per heavy atom. The fraction of sp³-hybridized carbons (Fsp3) is 0.167. The third-order valence-corrected chi connectivity index (χ3v) is 2.75. The highest BCUT2D eigenvalue weighted by atomic mass is 35.5. The fourth-order valence-corrected chi connectivity index (χ4v) is 1.56. The van der Waals surface area contributed by atoms with Crippen LogP contribution < -0.4 is 11.1 Å². The first-order chi connectivity index (χ1) is 8.16. The molecule has 17 heavy (non-hydrogen) atoms. The van der Waals surface area contributed by atoms with E-state index in [1.54, 1.807) is 0 Å². The van der Waals surface area contributed by atoms with Crippen molar-refractivity contribution in [2.75, 3.05) is 11.1 Å². The van der Waals surface area contributed by atoms with Gasteiger partial charge < -0.3 is 11.1 Å². The van der Waals surface area contributed by atoms with E-state index in [4.69, 9.17) is 17.3 Å². The number of nitrogen functional groups attached to an aromatic ring is 1. The van der Waals surface area contributed by atoms with Crippen LogP contribution in [-0.2, 0) is 6.54 Å². The van der Waals surface area contributed by atoms with E-state index in [9.17, 15) is 0 Å². The van der Waals surface area contributed by atoms with Crippen LogP contribution in [0.1, 0.15) is 11.1 Å². The summed E-state index contributed by atoms with van der Waals surface area (Å²) >= 11 is 5.82. The predicted molar refractivity (Wildman–Crippen MR) is 70.0 cm³/mol. The van der Waals surface area contributed by atoms with E-state index in [-0.39, 0.29) is 0 Å². The van der Waals surface area contributed by atoms with Gasteiger partial charge in [-0.2, -0.15) is 0 Å². The van der Waals surface area contributed by atoms with E-state index in [1.165, 1.54) is 6.33 Å². The lowest BCUT2D eigenvalue weighted by Crippen LogP contribution is -2.06. The van der Waals surface area contributed by atoms with Gasteiger partial charge in [-0.25, -0.2) is 9.97 Å². The highest BCUT2D eigenvalue weighted by molar-refractivity contribution is 6.30. The summed E-state index contributed by atoms with van der Waals surface area (Å²) < 4.78 is 0. The van der Waals surface area contributed by atoms with E-state index in [2.05, 4.69) is 15.3 Å². The number of nitrogens with zero attached hydrogens (tertiary/aromatic N) is 2. The summed E-state index contributed by atoms with van der Waals surface area (Å²) in [6.07, 6.45) is 1.45. The summed E-state index contributed by atoms with van der Waals surface area (Å²) in [6.45, 7) is 2.56. The van der Waals surface area contributed by atoms with Crippen molar-refractivity contribution >= 4 is 23.2 Å². The van der Waals surface area contributed by atoms with Gasteiger partial charge in [-0.3, -0.25) is 0 Å². The Bertz CT molecular complexity index is 510. The molecule has 2 aromatic rings. The van der Waals surface area contributed by atoms with Gasteiger partial charge in [-0.05, 0) is 24.6 Å². The second-order valence-corrected chi connectivity index (χ2v) is 4.15. The first-order valence-electron chi connectivity index (χ1n) is 5.22. The maximum absolute atomic E-state index is 5.82. The minimum Gasteiger partial charge on any atom is -0.383 e. The van der Waals surface area contributed by atoms with Crippen LogP contribution in [-0.4, -0.2) is 9.97 Å². The number of nitrogens with two attached hydrogens (primary N) is 1. The maximum atomic E-state index is 5.82. The summed E-state index contributed by atoms with van der Waals surface area (Å²) in [4.78, 5) is 8.06. The van der Waals surface area contributed by atoms with Crippen LogP contribution in [0, 0.1) is 6.92 Å². The summed E-state index contributed by atoms with van der Waals surface area (Å²) in [7, 11) is 0. The zero-order chi connectivity index (χ0) is 12.3. The lowest BCUT2D eigenvalue weighted by molar-refractivity contribution is 1.06. The van der Waals surface area contributed by atoms with E-state index >= 15 is 0 Å². The van der Waals surface area contributed by atoms with Gasteiger partial charge in [0.2, 0.25) is 0 Å². The average molecular weight is 249 g/mol. The Labute approximate surface area is 105 Å². The summed E-state index contributed by atoms with van der Waals surface area (Å²) in [5, 5.41) is 3.95. The Balaban J connectivity index is 2.07. The monoisotopic (exact) mass is 248 g/mol. The zero-order valence-corrected chi connectivity index (χ0v) is 10.2. The van der Waals surface area contributed by atoms with Crippen LogP contribution in [0.15, 0.2) is 30.6 Å². The first kappa shape index (κ1) is 11.7. The number of rotatable bonds is 3. The highest BCUT2D eigenvalue weighted by Crippen LogP contribution is 2.16. The summed E-state index contributed by atoms with van der Waals surface area (Å²) in [6, 6.07) is 7.66. The van der Waals surface area contributed by atoms with E-state index < -0.39 is 0 Å². The quantitative estimate of drug-likeness (QED) is 0.877. The van der Waals surface area contributed by atoms with Crippen molar-refractivity contribution in [2.24, 2.45) is 0 Å². The average Bonchev–Trinajstić information content (AvgIpc) is 2.33. The van der Waals surface area contributed by atoms with Crippen LogP contribution in [0.5, 0.6) is 0 Å². The summed E-state index contributed by atoms with van der Waals surface area (Å²) in [5.74, 6) is 1.26. The minimum absolute atomic E-state index is 0.499. The second-order valence-electron chi connectivity index (χ2n) is 3.71. The van der Waals surface area contributed by atoms with Gasteiger partial charge in [0.15, 0.2) is 0 Å². The first-order valence-corrected chi connectivity index (χ1v) is 5.60. The largest absolute Gasteiger partial charge is 0.383 e. The molecule has 3 N–H and O–H groups in total. The molecule has 1 heterocycles. The van der Waals surface area contributed by atoms with Crippen LogP contribution in [0.2, 0.25) is 5.02 Å². The smallest absolute Gasteiger partial charge is 0.134 e. The molecule has 0 aliphatic carbocycles. The lowest BCUT2D eigenvalue weighted by atomic mass is 10.2. The third-order valence-electron chi connectivity index (χ3n) is 2.50. The molecule has 1 aromatic heterocycles. The van der Waals surface area contributed by atoms with Crippen molar-refractivity contribution in [3.8, 4) is 0 Å². The molecule has 0 aliphatic heterocycles. The third kappa shape index (κ3) is 2.85. The molecule has 5 heteroatoms. The van der Waals surface area contributed by atoms with Gasteiger partial charge >= 0.3 is 0 Å². The molecule has 0 atom stereocenters. The molecule has 0 bridgehead atoms. The molecular weight excluding hydrogens is 236 g/mol. The molecule has 0 spiro atoms. The topological polar surface area (TPSA) is 63.8 Å². The van der Waals surface area contributed by atoms with Crippen molar-refractivity contribution in [1.29, 1.82) is 0 Å². The zero-order valence-electron chi connectivity index (χ0n) is 9.44. The van der Waals surface area contributed by atoms with Crippen LogP contribution >= 0.6 is 11.6 Å². The molecular formula is C12H13ClN4. The standard InChI is InChI=1S/C12H13ClN4/c1-8-11(14)16-7-17-12(8)15-6-9-2-4-10(13)5-3-9/h2-5,7H,6H2,1H3,(H3,14,15,16,17). The van der Waals surface area contributed by atoms with Gasteiger partial charge in [0, 0.05) is 17.1 Å². The predicted octanol–water partition coefficient (Wildman–Crippen LogP) is 2.63. The molecule has 0 saturated carbocycles. The number of anilines is 2. The number of halogens is 1. The van der Waals surface area contributed by atoms with Gasteiger partial charge in [-0.1, -0.05) is 23.7 Å². The molecule has 0 radical (unpaired) electrons. The van der Waals surface area contributed by atoms with Gasteiger partial charge in [0.25, 0.3) is 0 Å². The maximum Gasteiger partial charge on any atom is 0.134 e. The summed E-state index contributed by atoms with van der Waals surface area (Å²) in [5.41, 5.74) is 7.69. The molecule has 0 amide bonds. The van der Waals surface area contributed by atoms with Crippen molar-refractivity contribution in [1.82, 2.24) is 9.97 Å². The lowest BCUT2D eigenvalue weighted by Gasteiger charge is -2.09. The number of hydrogen-bond donors (Lipinski definition) is 2. The Hall–Kier alpha value is -1.81. The molecule has 2 rings (SSSR count). The van der Waals surface area contributed by atoms with E-state index in [0.717, 1.165) is 22.0 Å². The van der Waals surface area contributed by atoms with Gasteiger partial charge in [0.05, 0.1) is 0 Å². The van der Waals surface area contributed by atoms with Gasteiger partial charge in [-0.15, -0.1) is 0 Å². The van der Waals surface area contributed by atoms with E-state index in [1.807, 2.05) is 31.2 Å². The van der Waals surface area contributed by atoms with Gasteiger partial charge in [0.1, 0.15) is 18.0 Å². The van der Waals surface area contributed by atoms with Crippen LogP contribution in [0.3, 0.4) is 0 Å². The van der Waals surface area contributed by atoms with Crippen molar-refractivity contribution < 1.29 is 0 Å². The van der Waals surface area contributed by atoms with Crippen LogP contribution in [0.25, 0.3) is 0 Å². The SMILES string of the molecule is Cc1c(N)ncnc1NCc1ccc(Cl)cc1. The van der Waals surface area contributed by atoms with Crippen molar-refractivity contribution in [2.45, 2.75) is 13.5 Å².